The zero-order chi connectivity index (χ0) is 16.3. The zero-order valence-electron chi connectivity index (χ0n) is 13.8. The van der Waals surface area contributed by atoms with Crippen LogP contribution in [0.25, 0.3) is 0 Å². The van der Waals surface area contributed by atoms with E-state index < -0.39 is 0 Å². The minimum atomic E-state index is -0.220. The van der Waals surface area contributed by atoms with Crippen LogP contribution >= 0.6 is 11.3 Å². The first-order valence-corrected chi connectivity index (χ1v) is 8.55. The van der Waals surface area contributed by atoms with Gasteiger partial charge in [-0.3, -0.25) is 14.5 Å². The van der Waals surface area contributed by atoms with E-state index in [1.54, 1.807) is 0 Å². The maximum absolute atomic E-state index is 12.3. The Kier molecular flexibility index (Phi) is 5.24. The molecule has 1 aliphatic heterocycles. The van der Waals surface area contributed by atoms with E-state index in [2.05, 4.69) is 10.2 Å². The van der Waals surface area contributed by atoms with Crippen LogP contribution in [-0.2, 0) is 4.79 Å². The number of piperazine rings is 1. The van der Waals surface area contributed by atoms with E-state index in [0.717, 1.165) is 18.0 Å². The van der Waals surface area contributed by atoms with E-state index in [1.165, 1.54) is 11.3 Å². The Morgan fingerprint density at radius 1 is 1.23 bits per heavy atom. The van der Waals surface area contributed by atoms with Crippen molar-refractivity contribution >= 4 is 23.2 Å². The van der Waals surface area contributed by atoms with Gasteiger partial charge in [0.2, 0.25) is 5.91 Å². The fourth-order valence-corrected chi connectivity index (χ4v) is 3.20. The van der Waals surface area contributed by atoms with E-state index in [9.17, 15) is 9.59 Å². The molecule has 1 fully saturated rings. The summed E-state index contributed by atoms with van der Waals surface area (Å²) in [6, 6.07) is 3.59. The molecule has 2 rings (SSSR count). The molecule has 0 aliphatic carbocycles. The molecule has 1 aromatic rings. The van der Waals surface area contributed by atoms with Crippen molar-refractivity contribution in [2.24, 2.45) is 0 Å². The maximum Gasteiger partial charge on any atom is 0.264 e. The predicted molar refractivity (Wildman–Crippen MR) is 89.2 cm³/mol. The third kappa shape index (κ3) is 4.30. The standard InChI is InChI=1S/C16H25N3O2S/c1-12(14(20)17-16(2,3)4)18-7-9-19(10-8-18)15(21)13-6-5-11-22-13/h5-6,11-12H,7-10H2,1-4H3,(H,17,20). The second kappa shape index (κ2) is 6.79. The second-order valence-corrected chi connectivity index (χ2v) is 7.67. The lowest BCUT2D eigenvalue weighted by molar-refractivity contribution is -0.127. The van der Waals surface area contributed by atoms with Crippen molar-refractivity contribution in [2.45, 2.75) is 39.3 Å². The molecule has 0 spiro atoms. The molecular formula is C16H25N3O2S. The molecule has 1 aliphatic rings. The summed E-state index contributed by atoms with van der Waals surface area (Å²) in [5.74, 6) is 0.145. The van der Waals surface area contributed by atoms with Crippen LogP contribution in [-0.4, -0.2) is 59.4 Å². The van der Waals surface area contributed by atoms with Crippen LogP contribution in [0.3, 0.4) is 0 Å². The van der Waals surface area contributed by atoms with Crippen LogP contribution < -0.4 is 5.32 Å². The average Bonchev–Trinajstić information content (AvgIpc) is 2.98. The summed E-state index contributed by atoms with van der Waals surface area (Å²) in [6.07, 6.45) is 0. The summed E-state index contributed by atoms with van der Waals surface area (Å²) in [7, 11) is 0. The summed E-state index contributed by atoms with van der Waals surface area (Å²) in [5.41, 5.74) is -0.220. The van der Waals surface area contributed by atoms with Crippen LogP contribution in [0.15, 0.2) is 17.5 Å². The van der Waals surface area contributed by atoms with Crippen LogP contribution in [0.5, 0.6) is 0 Å². The van der Waals surface area contributed by atoms with Gasteiger partial charge >= 0.3 is 0 Å². The fourth-order valence-electron chi connectivity index (χ4n) is 2.51. The van der Waals surface area contributed by atoms with Gasteiger partial charge in [0, 0.05) is 31.7 Å². The Balaban J connectivity index is 1.86. The third-order valence-electron chi connectivity index (χ3n) is 3.76. The minimum Gasteiger partial charge on any atom is -0.350 e. The van der Waals surface area contributed by atoms with Gasteiger partial charge in [0.05, 0.1) is 10.9 Å². The lowest BCUT2D eigenvalue weighted by Gasteiger charge is -2.38. The lowest BCUT2D eigenvalue weighted by Crippen LogP contribution is -2.56. The molecule has 5 nitrogen and oxygen atoms in total. The Labute approximate surface area is 136 Å². The molecule has 0 saturated carbocycles. The highest BCUT2D eigenvalue weighted by Crippen LogP contribution is 2.15. The van der Waals surface area contributed by atoms with Gasteiger partial charge in [-0.25, -0.2) is 0 Å². The van der Waals surface area contributed by atoms with Crippen molar-refractivity contribution < 1.29 is 9.59 Å². The first-order valence-electron chi connectivity index (χ1n) is 7.67. The van der Waals surface area contributed by atoms with Crippen molar-refractivity contribution in [2.75, 3.05) is 26.2 Å². The Bertz CT molecular complexity index is 514. The monoisotopic (exact) mass is 323 g/mol. The lowest BCUT2D eigenvalue weighted by atomic mass is 10.1. The van der Waals surface area contributed by atoms with Crippen LogP contribution in [0.1, 0.15) is 37.4 Å². The number of amides is 2. The zero-order valence-corrected chi connectivity index (χ0v) is 14.6. The smallest absolute Gasteiger partial charge is 0.264 e. The van der Waals surface area contributed by atoms with E-state index in [4.69, 9.17) is 0 Å². The van der Waals surface area contributed by atoms with Gasteiger partial charge in [0.1, 0.15) is 0 Å². The highest BCUT2D eigenvalue weighted by atomic mass is 32.1. The Morgan fingerprint density at radius 2 is 1.86 bits per heavy atom. The van der Waals surface area contributed by atoms with Gasteiger partial charge in [-0.1, -0.05) is 6.07 Å². The number of hydrogen-bond acceptors (Lipinski definition) is 4. The van der Waals surface area contributed by atoms with E-state index in [1.807, 2.05) is 50.1 Å². The number of thiophene rings is 1. The molecule has 1 unspecified atom stereocenters. The van der Waals surface area contributed by atoms with Crippen LogP contribution in [0.4, 0.5) is 0 Å². The molecule has 0 bridgehead atoms. The fraction of sp³-hybridized carbons (Fsp3) is 0.625. The van der Waals surface area contributed by atoms with E-state index >= 15 is 0 Å². The van der Waals surface area contributed by atoms with E-state index in [0.29, 0.717) is 13.1 Å². The predicted octanol–water partition coefficient (Wildman–Crippen LogP) is 1.81. The topological polar surface area (TPSA) is 52.7 Å². The van der Waals surface area contributed by atoms with Crippen molar-refractivity contribution in [1.29, 1.82) is 0 Å². The summed E-state index contributed by atoms with van der Waals surface area (Å²) < 4.78 is 0. The molecule has 1 N–H and O–H groups in total. The number of rotatable bonds is 3. The first-order chi connectivity index (χ1) is 10.3. The molecule has 1 atom stereocenters. The van der Waals surface area contributed by atoms with Gasteiger partial charge in [-0.05, 0) is 39.1 Å². The number of nitrogens with zero attached hydrogens (tertiary/aromatic N) is 2. The quantitative estimate of drug-likeness (QED) is 0.923. The van der Waals surface area contributed by atoms with Gasteiger partial charge in [0.15, 0.2) is 0 Å². The number of carbonyl (C=O) groups is 2. The minimum absolute atomic E-state index is 0.0468. The summed E-state index contributed by atoms with van der Waals surface area (Å²) in [4.78, 5) is 29.3. The maximum atomic E-state index is 12.3. The van der Waals surface area contributed by atoms with E-state index in [-0.39, 0.29) is 23.4 Å². The SMILES string of the molecule is CC(C(=O)NC(C)(C)C)N1CCN(C(=O)c2cccs2)CC1. The third-order valence-corrected chi connectivity index (χ3v) is 4.62. The molecule has 6 heteroatoms. The second-order valence-electron chi connectivity index (χ2n) is 6.72. The summed E-state index contributed by atoms with van der Waals surface area (Å²) in [5, 5.41) is 4.93. The van der Waals surface area contributed by atoms with Crippen molar-refractivity contribution in [3.05, 3.63) is 22.4 Å². The molecular weight excluding hydrogens is 298 g/mol. The van der Waals surface area contributed by atoms with Gasteiger partial charge in [0.25, 0.3) is 5.91 Å². The van der Waals surface area contributed by atoms with Crippen LogP contribution in [0, 0.1) is 0 Å². The molecule has 0 radical (unpaired) electrons. The molecule has 0 aromatic carbocycles. The normalized spacial score (nSPS) is 18.1. The number of nitrogens with one attached hydrogen (secondary N) is 1. The highest BCUT2D eigenvalue weighted by Gasteiger charge is 2.29. The van der Waals surface area contributed by atoms with Crippen molar-refractivity contribution in [3.63, 3.8) is 0 Å². The first kappa shape index (κ1) is 17.0. The van der Waals surface area contributed by atoms with Gasteiger partial charge < -0.3 is 10.2 Å². The largest absolute Gasteiger partial charge is 0.350 e. The highest BCUT2D eigenvalue weighted by molar-refractivity contribution is 7.12. The summed E-state index contributed by atoms with van der Waals surface area (Å²) in [6.45, 7) is 10.7. The molecule has 22 heavy (non-hydrogen) atoms. The molecule has 2 amide bonds. The van der Waals surface area contributed by atoms with Crippen molar-refractivity contribution in [1.82, 2.24) is 15.1 Å². The number of carbonyl (C=O) groups excluding carboxylic acids is 2. The van der Waals surface area contributed by atoms with Gasteiger partial charge in [-0.2, -0.15) is 0 Å². The molecule has 122 valence electrons. The summed E-state index contributed by atoms with van der Waals surface area (Å²) >= 11 is 1.47. The van der Waals surface area contributed by atoms with Gasteiger partial charge in [-0.15, -0.1) is 11.3 Å². The Hall–Kier alpha value is -1.40. The molecule has 1 aromatic heterocycles. The molecule has 1 saturated heterocycles. The average molecular weight is 323 g/mol. The van der Waals surface area contributed by atoms with Crippen molar-refractivity contribution in [3.8, 4) is 0 Å². The van der Waals surface area contributed by atoms with Crippen LogP contribution in [0.2, 0.25) is 0 Å². The number of hydrogen-bond donors (Lipinski definition) is 1. The molecule has 2 heterocycles. The Morgan fingerprint density at radius 3 is 2.36 bits per heavy atom.